The molecule has 0 aromatic heterocycles. The molecule has 0 saturated heterocycles. The molecule has 72 valence electrons. The molecule has 1 N–H and O–H groups in total. The Labute approximate surface area is 73.7 Å². The molecule has 0 heterocycles. The van der Waals surface area contributed by atoms with Gasteiger partial charge in [-0.05, 0) is 25.2 Å². The van der Waals surface area contributed by atoms with Crippen molar-refractivity contribution < 1.29 is 13.5 Å². The lowest BCUT2D eigenvalue weighted by Crippen LogP contribution is -2.20. The molecule has 12 heavy (non-hydrogen) atoms. The molecule has 3 nitrogen and oxygen atoms in total. The van der Waals surface area contributed by atoms with E-state index < -0.39 is 9.84 Å². The summed E-state index contributed by atoms with van der Waals surface area (Å²) in [6.45, 7) is 1.82. The van der Waals surface area contributed by atoms with Gasteiger partial charge < -0.3 is 5.11 Å². The Bertz CT molecular complexity index is 233. The molecule has 0 aromatic carbocycles. The fourth-order valence-corrected chi connectivity index (χ4v) is 3.29. The van der Waals surface area contributed by atoms with Crippen LogP contribution in [-0.4, -0.2) is 31.1 Å². The lowest BCUT2D eigenvalue weighted by Gasteiger charge is -2.08. The summed E-state index contributed by atoms with van der Waals surface area (Å²) in [5.74, 6) is 0.451. The Morgan fingerprint density at radius 1 is 1.42 bits per heavy atom. The van der Waals surface area contributed by atoms with E-state index in [0.717, 1.165) is 12.8 Å². The van der Waals surface area contributed by atoms with Gasteiger partial charge in [-0.1, -0.05) is 6.92 Å². The quantitative estimate of drug-likeness (QED) is 0.711. The summed E-state index contributed by atoms with van der Waals surface area (Å²) < 4.78 is 22.8. The molecule has 0 aliphatic heterocycles. The fraction of sp³-hybridized carbons (Fsp3) is 1.00. The number of sulfone groups is 1. The highest BCUT2D eigenvalue weighted by Gasteiger charge is 2.32. The normalized spacial score (nSPS) is 30.8. The monoisotopic (exact) mass is 192 g/mol. The maximum atomic E-state index is 11.4. The molecule has 0 amide bonds. The second-order valence-corrected chi connectivity index (χ2v) is 6.00. The van der Waals surface area contributed by atoms with E-state index in [4.69, 9.17) is 5.11 Å². The summed E-state index contributed by atoms with van der Waals surface area (Å²) in [6.07, 6.45) is 2.26. The lowest BCUT2D eigenvalue weighted by molar-refractivity contribution is 0.230. The van der Waals surface area contributed by atoms with E-state index in [1.807, 2.05) is 0 Å². The first kappa shape index (κ1) is 9.99. The van der Waals surface area contributed by atoms with Crippen LogP contribution in [0.25, 0.3) is 0 Å². The molecule has 1 rings (SSSR count). The highest BCUT2D eigenvalue weighted by Crippen LogP contribution is 2.30. The number of aliphatic hydroxyl groups is 1. The summed E-state index contributed by atoms with van der Waals surface area (Å²) in [4.78, 5) is 0. The average molecular weight is 192 g/mol. The van der Waals surface area contributed by atoms with Gasteiger partial charge in [0.25, 0.3) is 0 Å². The molecule has 0 unspecified atom stereocenters. The number of hydrogen-bond donors (Lipinski definition) is 1. The second-order valence-electron chi connectivity index (χ2n) is 3.44. The van der Waals surface area contributed by atoms with Crippen molar-refractivity contribution in [2.24, 2.45) is 5.92 Å². The maximum absolute atomic E-state index is 11.4. The van der Waals surface area contributed by atoms with Crippen LogP contribution in [0.3, 0.4) is 0 Å². The van der Waals surface area contributed by atoms with Gasteiger partial charge in [-0.3, -0.25) is 0 Å². The Balaban J connectivity index is 2.58. The zero-order chi connectivity index (χ0) is 9.19. The average Bonchev–Trinajstić information content (AvgIpc) is 2.52. The zero-order valence-electron chi connectivity index (χ0n) is 7.36. The van der Waals surface area contributed by atoms with Crippen LogP contribution in [0, 0.1) is 5.92 Å². The second kappa shape index (κ2) is 3.75. The van der Waals surface area contributed by atoms with Gasteiger partial charge in [0.05, 0.1) is 5.25 Å². The van der Waals surface area contributed by atoms with Gasteiger partial charge in [0.1, 0.15) is 0 Å². The van der Waals surface area contributed by atoms with Crippen molar-refractivity contribution in [3.05, 3.63) is 0 Å². The molecular weight excluding hydrogens is 176 g/mol. The van der Waals surface area contributed by atoms with Crippen molar-refractivity contribution in [2.75, 3.05) is 12.4 Å². The Morgan fingerprint density at radius 3 is 2.50 bits per heavy atom. The van der Waals surface area contributed by atoms with Gasteiger partial charge in [0.2, 0.25) is 0 Å². The van der Waals surface area contributed by atoms with Crippen LogP contribution in [0.5, 0.6) is 0 Å². The standard InChI is InChI=1S/C8H16O3S/c1-2-12(10,11)8-4-3-7(5-8)6-9/h7-9H,2-6H2,1H3/t7-,8-/m0/s1. The molecule has 1 fully saturated rings. The van der Waals surface area contributed by atoms with Gasteiger partial charge in [-0.25, -0.2) is 8.42 Å². The van der Waals surface area contributed by atoms with Crippen molar-refractivity contribution in [3.8, 4) is 0 Å². The van der Waals surface area contributed by atoms with Crippen molar-refractivity contribution in [2.45, 2.75) is 31.4 Å². The molecule has 0 aromatic rings. The molecule has 0 bridgehead atoms. The Hall–Kier alpha value is -0.0900. The van der Waals surface area contributed by atoms with Crippen molar-refractivity contribution in [3.63, 3.8) is 0 Å². The van der Waals surface area contributed by atoms with Crippen LogP contribution in [0.1, 0.15) is 26.2 Å². The zero-order valence-corrected chi connectivity index (χ0v) is 8.18. The lowest BCUT2D eigenvalue weighted by atomic mass is 10.1. The van der Waals surface area contributed by atoms with Gasteiger partial charge in [-0.2, -0.15) is 0 Å². The smallest absolute Gasteiger partial charge is 0.152 e. The van der Waals surface area contributed by atoms with Gasteiger partial charge >= 0.3 is 0 Å². The molecule has 4 heteroatoms. The minimum atomic E-state index is -2.85. The molecule has 0 radical (unpaired) electrons. The SMILES string of the molecule is CCS(=O)(=O)[C@H]1CC[C@H](CO)C1. The van der Waals surface area contributed by atoms with E-state index in [9.17, 15) is 8.42 Å². The maximum Gasteiger partial charge on any atom is 0.152 e. The fourth-order valence-electron chi connectivity index (χ4n) is 1.76. The third-order valence-corrected chi connectivity index (χ3v) is 4.91. The van der Waals surface area contributed by atoms with Gasteiger partial charge in [0, 0.05) is 12.4 Å². The van der Waals surface area contributed by atoms with Gasteiger partial charge in [-0.15, -0.1) is 0 Å². The predicted octanol–water partition coefficient (Wildman–Crippen LogP) is 0.582. The first-order chi connectivity index (χ1) is 5.60. The van der Waals surface area contributed by atoms with E-state index in [-0.39, 0.29) is 23.5 Å². The Morgan fingerprint density at radius 2 is 2.08 bits per heavy atom. The highest BCUT2D eigenvalue weighted by molar-refractivity contribution is 7.92. The molecule has 2 atom stereocenters. The van der Waals surface area contributed by atoms with Crippen LogP contribution >= 0.6 is 0 Å². The van der Waals surface area contributed by atoms with Crippen molar-refractivity contribution in [1.29, 1.82) is 0 Å². The van der Waals surface area contributed by atoms with E-state index in [1.54, 1.807) is 6.92 Å². The summed E-state index contributed by atoms with van der Waals surface area (Å²) in [5.41, 5.74) is 0. The summed E-state index contributed by atoms with van der Waals surface area (Å²) in [7, 11) is -2.85. The molecule has 1 aliphatic carbocycles. The van der Waals surface area contributed by atoms with Crippen molar-refractivity contribution >= 4 is 9.84 Å². The van der Waals surface area contributed by atoms with E-state index in [2.05, 4.69) is 0 Å². The Kier molecular flexibility index (Phi) is 3.12. The molecular formula is C8H16O3S. The first-order valence-corrected chi connectivity index (χ1v) is 6.14. The number of aliphatic hydroxyl groups excluding tert-OH is 1. The summed E-state index contributed by atoms with van der Waals surface area (Å²) >= 11 is 0. The minimum Gasteiger partial charge on any atom is -0.396 e. The van der Waals surface area contributed by atoms with E-state index in [0.29, 0.717) is 6.42 Å². The minimum absolute atomic E-state index is 0.135. The topological polar surface area (TPSA) is 54.4 Å². The summed E-state index contributed by atoms with van der Waals surface area (Å²) in [6, 6.07) is 0. The third-order valence-electron chi connectivity index (χ3n) is 2.66. The van der Waals surface area contributed by atoms with Crippen LogP contribution < -0.4 is 0 Å². The number of hydrogen-bond acceptors (Lipinski definition) is 3. The van der Waals surface area contributed by atoms with Crippen LogP contribution in [0.15, 0.2) is 0 Å². The van der Waals surface area contributed by atoms with Crippen LogP contribution in [-0.2, 0) is 9.84 Å². The van der Waals surface area contributed by atoms with E-state index >= 15 is 0 Å². The van der Waals surface area contributed by atoms with Gasteiger partial charge in [0.15, 0.2) is 9.84 Å². The largest absolute Gasteiger partial charge is 0.396 e. The predicted molar refractivity (Wildman–Crippen MR) is 47.7 cm³/mol. The molecule has 0 spiro atoms. The van der Waals surface area contributed by atoms with Crippen molar-refractivity contribution in [1.82, 2.24) is 0 Å². The first-order valence-electron chi connectivity index (χ1n) is 4.42. The molecule has 1 saturated carbocycles. The van der Waals surface area contributed by atoms with E-state index in [1.165, 1.54) is 0 Å². The number of rotatable bonds is 3. The third kappa shape index (κ3) is 1.98. The summed E-state index contributed by atoms with van der Waals surface area (Å²) in [5, 5.41) is 8.65. The van der Waals surface area contributed by atoms with Crippen LogP contribution in [0.4, 0.5) is 0 Å². The highest BCUT2D eigenvalue weighted by atomic mass is 32.2. The molecule has 1 aliphatic rings. The van der Waals surface area contributed by atoms with Crippen LogP contribution in [0.2, 0.25) is 0 Å².